The van der Waals surface area contributed by atoms with Gasteiger partial charge in [-0.25, -0.2) is 0 Å². The van der Waals surface area contributed by atoms with Crippen molar-refractivity contribution in [2.75, 3.05) is 0 Å². The van der Waals surface area contributed by atoms with Crippen LogP contribution in [0.15, 0.2) is 66.7 Å². The van der Waals surface area contributed by atoms with Crippen molar-refractivity contribution in [2.45, 2.75) is 52.2 Å². The van der Waals surface area contributed by atoms with Crippen LogP contribution in [0.3, 0.4) is 0 Å². The fourth-order valence-electron chi connectivity index (χ4n) is 4.36. The van der Waals surface area contributed by atoms with E-state index in [0.29, 0.717) is 19.4 Å². The topological polar surface area (TPSA) is 49.4 Å². The van der Waals surface area contributed by atoms with E-state index in [2.05, 4.69) is 47.8 Å². The monoisotopic (exact) mass is 414 g/mol. The van der Waals surface area contributed by atoms with Crippen LogP contribution in [0.4, 0.5) is 0 Å². The third-order valence-electron chi connectivity index (χ3n) is 6.09. The van der Waals surface area contributed by atoms with E-state index in [1.165, 1.54) is 5.39 Å². The van der Waals surface area contributed by atoms with Gasteiger partial charge in [0, 0.05) is 19.4 Å². The lowest BCUT2D eigenvalue weighted by Crippen LogP contribution is -2.53. The van der Waals surface area contributed by atoms with Crippen LogP contribution in [0.1, 0.15) is 49.9 Å². The maximum absolute atomic E-state index is 13.4. The molecule has 1 aliphatic heterocycles. The van der Waals surface area contributed by atoms with Crippen LogP contribution < -0.4 is 5.32 Å². The lowest BCUT2D eigenvalue weighted by atomic mass is 9.92. The Balaban J connectivity index is 1.55. The third kappa shape index (κ3) is 4.63. The first-order valence-electron chi connectivity index (χ1n) is 11.1. The zero-order valence-corrected chi connectivity index (χ0v) is 18.5. The van der Waals surface area contributed by atoms with Gasteiger partial charge in [0.05, 0.1) is 6.04 Å². The number of rotatable bonds is 5. The van der Waals surface area contributed by atoms with Crippen LogP contribution in [0.25, 0.3) is 10.8 Å². The summed E-state index contributed by atoms with van der Waals surface area (Å²) in [7, 11) is 0. The standard InChI is InChI=1S/C27H30N2O2/c1-18(2)14-26(30)29-17-24-11-7-6-10-23(24)16-25(29)27(31)28-19(3)21-13-12-20-8-4-5-9-22(20)15-21/h4-13,15,18-19,25H,14,16-17H2,1-3H3,(H,28,31). The van der Waals surface area contributed by atoms with E-state index in [9.17, 15) is 9.59 Å². The highest BCUT2D eigenvalue weighted by atomic mass is 16.2. The molecule has 0 saturated carbocycles. The highest BCUT2D eigenvalue weighted by Gasteiger charge is 2.35. The smallest absolute Gasteiger partial charge is 0.243 e. The van der Waals surface area contributed by atoms with Crippen molar-refractivity contribution in [2.24, 2.45) is 5.92 Å². The summed E-state index contributed by atoms with van der Waals surface area (Å²) < 4.78 is 0. The van der Waals surface area contributed by atoms with Crippen LogP contribution >= 0.6 is 0 Å². The number of nitrogens with one attached hydrogen (secondary N) is 1. The molecule has 1 aliphatic rings. The molecule has 0 spiro atoms. The Morgan fingerprint density at radius 2 is 1.61 bits per heavy atom. The fourth-order valence-corrected chi connectivity index (χ4v) is 4.36. The number of nitrogens with zero attached hydrogens (tertiary/aromatic N) is 1. The average molecular weight is 415 g/mol. The maximum Gasteiger partial charge on any atom is 0.243 e. The summed E-state index contributed by atoms with van der Waals surface area (Å²) in [5, 5.41) is 5.50. The van der Waals surface area contributed by atoms with Gasteiger partial charge in [-0.15, -0.1) is 0 Å². The summed E-state index contributed by atoms with van der Waals surface area (Å²) in [6.45, 7) is 6.56. The van der Waals surface area contributed by atoms with Gasteiger partial charge in [-0.2, -0.15) is 0 Å². The van der Waals surface area contributed by atoms with E-state index < -0.39 is 6.04 Å². The van der Waals surface area contributed by atoms with Crippen LogP contribution in [0.5, 0.6) is 0 Å². The number of carbonyl (C=O) groups excluding carboxylic acids is 2. The Bertz CT molecular complexity index is 1110. The van der Waals surface area contributed by atoms with Gasteiger partial charge >= 0.3 is 0 Å². The molecule has 1 N–H and O–H groups in total. The summed E-state index contributed by atoms with van der Waals surface area (Å²) >= 11 is 0. The van der Waals surface area contributed by atoms with Gasteiger partial charge in [0.15, 0.2) is 0 Å². The first-order valence-corrected chi connectivity index (χ1v) is 11.1. The van der Waals surface area contributed by atoms with Crippen molar-refractivity contribution in [1.29, 1.82) is 0 Å². The molecular formula is C27H30N2O2. The summed E-state index contributed by atoms with van der Waals surface area (Å²) in [4.78, 5) is 28.1. The molecule has 2 unspecified atom stereocenters. The molecule has 31 heavy (non-hydrogen) atoms. The molecular weight excluding hydrogens is 384 g/mol. The van der Waals surface area contributed by atoms with Crippen LogP contribution in [-0.2, 0) is 22.6 Å². The minimum absolute atomic E-state index is 0.0445. The average Bonchev–Trinajstić information content (AvgIpc) is 2.77. The quantitative estimate of drug-likeness (QED) is 0.638. The van der Waals surface area contributed by atoms with E-state index >= 15 is 0 Å². The summed E-state index contributed by atoms with van der Waals surface area (Å²) in [5.41, 5.74) is 3.34. The third-order valence-corrected chi connectivity index (χ3v) is 6.09. The van der Waals surface area contributed by atoms with Gasteiger partial charge in [0.2, 0.25) is 11.8 Å². The van der Waals surface area contributed by atoms with Gasteiger partial charge in [-0.3, -0.25) is 9.59 Å². The molecule has 0 bridgehead atoms. The molecule has 0 aromatic heterocycles. The van der Waals surface area contributed by atoms with E-state index in [-0.39, 0.29) is 23.8 Å². The molecule has 3 aromatic rings. The minimum atomic E-state index is -0.482. The van der Waals surface area contributed by atoms with Gasteiger partial charge in [0.1, 0.15) is 6.04 Å². The molecule has 4 nitrogen and oxygen atoms in total. The second-order valence-electron chi connectivity index (χ2n) is 8.95. The van der Waals surface area contributed by atoms with Crippen LogP contribution in [0.2, 0.25) is 0 Å². The lowest BCUT2D eigenvalue weighted by molar-refractivity contribution is -0.142. The van der Waals surface area contributed by atoms with E-state index in [1.807, 2.05) is 45.0 Å². The second-order valence-corrected chi connectivity index (χ2v) is 8.95. The fraction of sp³-hybridized carbons (Fsp3) is 0.333. The van der Waals surface area contributed by atoms with Crippen molar-refractivity contribution in [3.8, 4) is 0 Å². The van der Waals surface area contributed by atoms with Crippen molar-refractivity contribution >= 4 is 22.6 Å². The molecule has 0 radical (unpaired) electrons. The number of hydrogen-bond donors (Lipinski definition) is 1. The molecule has 1 heterocycles. The molecule has 2 atom stereocenters. The number of fused-ring (bicyclic) bond motifs is 2. The first-order chi connectivity index (χ1) is 14.9. The Morgan fingerprint density at radius 3 is 2.35 bits per heavy atom. The maximum atomic E-state index is 13.4. The Morgan fingerprint density at radius 1 is 0.935 bits per heavy atom. The molecule has 0 saturated heterocycles. The molecule has 0 fully saturated rings. The Kier molecular flexibility index (Phi) is 6.08. The van der Waals surface area contributed by atoms with Crippen LogP contribution in [0, 0.1) is 5.92 Å². The first kappa shape index (κ1) is 21.1. The van der Waals surface area contributed by atoms with Crippen molar-refractivity contribution in [1.82, 2.24) is 10.2 Å². The molecule has 2 amide bonds. The molecule has 4 rings (SSSR count). The molecule has 0 aliphatic carbocycles. The number of carbonyl (C=O) groups is 2. The molecule has 3 aromatic carbocycles. The number of amides is 2. The lowest BCUT2D eigenvalue weighted by Gasteiger charge is -2.37. The highest BCUT2D eigenvalue weighted by molar-refractivity contribution is 5.89. The summed E-state index contributed by atoms with van der Waals surface area (Å²) in [6, 6.07) is 22.0. The summed E-state index contributed by atoms with van der Waals surface area (Å²) in [5.74, 6) is 0.209. The Hall–Kier alpha value is -3.14. The zero-order valence-electron chi connectivity index (χ0n) is 18.5. The normalized spacial score (nSPS) is 16.8. The number of benzene rings is 3. The molecule has 160 valence electrons. The van der Waals surface area contributed by atoms with Gasteiger partial charge in [-0.1, -0.05) is 74.5 Å². The predicted octanol–water partition coefficient (Wildman–Crippen LogP) is 5.02. The highest BCUT2D eigenvalue weighted by Crippen LogP contribution is 2.26. The summed E-state index contributed by atoms with van der Waals surface area (Å²) in [6.07, 6.45) is 1.00. The zero-order chi connectivity index (χ0) is 22.0. The Labute approximate surface area is 184 Å². The second kappa shape index (κ2) is 8.93. The van der Waals surface area contributed by atoms with Crippen molar-refractivity contribution in [3.05, 3.63) is 83.4 Å². The van der Waals surface area contributed by atoms with E-state index in [0.717, 1.165) is 22.1 Å². The molecule has 4 heteroatoms. The van der Waals surface area contributed by atoms with Crippen LogP contribution in [-0.4, -0.2) is 22.8 Å². The van der Waals surface area contributed by atoms with Gasteiger partial charge < -0.3 is 10.2 Å². The predicted molar refractivity (Wildman–Crippen MR) is 124 cm³/mol. The number of hydrogen-bond acceptors (Lipinski definition) is 2. The SMILES string of the molecule is CC(C)CC(=O)N1Cc2ccccc2CC1C(=O)NC(C)c1ccc2ccccc2c1. The van der Waals surface area contributed by atoms with E-state index in [1.54, 1.807) is 4.90 Å². The van der Waals surface area contributed by atoms with E-state index in [4.69, 9.17) is 0 Å². The van der Waals surface area contributed by atoms with Crippen molar-refractivity contribution < 1.29 is 9.59 Å². The van der Waals surface area contributed by atoms with Crippen molar-refractivity contribution in [3.63, 3.8) is 0 Å². The van der Waals surface area contributed by atoms with Gasteiger partial charge in [0.25, 0.3) is 0 Å². The minimum Gasteiger partial charge on any atom is -0.348 e. The largest absolute Gasteiger partial charge is 0.348 e. The van der Waals surface area contributed by atoms with Gasteiger partial charge in [-0.05, 0) is 46.4 Å².